The number of rotatable bonds is 7. The van der Waals surface area contributed by atoms with Gasteiger partial charge in [0, 0.05) is 11.3 Å². The van der Waals surface area contributed by atoms with E-state index in [9.17, 15) is 18.8 Å². The molecule has 8 heteroatoms. The van der Waals surface area contributed by atoms with Crippen LogP contribution in [-0.2, 0) is 14.3 Å². The molecule has 2 amide bonds. The average Bonchev–Trinajstić information content (AvgIpc) is 2.72. The van der Waals surface area contributed by atoms with Gasteiger partial charge in [-0.2, -0.15) is 5.26 Å². The molecular formula is C22H22FN3O4. The minimum absolute atomic E-state index is 0.196. The topological polar surface area (TPSA) is 108 Å². The van der Waals surface area contributed by atoms with Crippen LogP contribution in [0.2, 0.25) is 0 Å². The van der Waals surface area contributed by atoms with Crippen LogP contribution in [-0.4, -0.2) is 29.9 Å². The van der Waals surface area contributed by atoms with Gasteiger partial charge in [0.25, 0.3) is 11.8 Å². The molecule has 0 aliphatic carbocycles. The highest BCUT2D eigenvalue weighted by atomic mass is 19.1. The normalized spacial score (nSPS) is 12.4. The minimum atomic E-state index is -1.11. The number of hydrogen-bond donors (Lipinski definition) is 2. The van der Waals surface area contributed by atoms with Crippen LogP contribution in [0.15, 0.2) is 48.5 Å². The van der Waals surface area contributed by atoms with Crippen molar-refractivity contribution in [2.24, 2.45) is 5.92 Å². The lowest BCUT2D eigenvalue weighted by molar-refractivity contribution is -0.156. The van der Waals surface area contributed by atoms with Crippen LogP contribution in [0.25, 0.3) is 0 Å². The van der Waals surface area contributed by atoms with Crippen molar-refractivity contribution in [1.29, 1.82) is 5.26 Å². The molecule has 0 aliphatic heterocycles. The van der Waals surface area contributed by atoms with Gasteiger partial charge in [-0.15, -0.1) is 0 Å². The van der Waals surface area contributed by atoms with Crippen molar-refractivity contribution in [1.82, 2.24) is 5.32 Å². The van der Waals surface area contributed by atoms with Crippen molar-refractivity contribution in [3.05, 3.63) is 65.5 Å². The first kappa shape index (κ1) is 22.6. The fourth-order valence-electron chi connectivity index (χ4n) is 2.50. The average molecular weight is 411 g/mol. The first-order chi connectivity index (χ1) is 14.2. The summed E-state index contributed by atoms with van der Waals surface area (Å²) in [7, 11) is 0. The van der Waals surface area contributed by atoms with Gasteiger partial charge in [0.1, 0.15) is 11.9 Å². The van der Waals surface area contributed by atoms with Gasteiger partial charge in [-0.3, -0.25) is 9.59 Å². The second-order valence-electron chi connectivity index (χ2n) is 6.96. The predicted molar refractivity (Wildman–Crippen MR) is 108 cm³/mol. The van der Waals surface area contributed by atoms with E-state index in [1.165, 1.54) is 19.1 Å². The first-order valence-electron chi connectivity index (χ1n) is 9.29. The zero-order chi connectivity index (χ0) is 22.3. The molecule has 0 bridgehead atoms. The summed E-state index contributed by atoms with van der Waals surface area (Å²) in [6, 6.07) is 12.1. The first-order valence-corrected chi connectivity index (χ1v) is 9.29. The summed E-state index contributed by atoms with van der Waals surface area (Å²) in [5.74, 6) is -2.66. The molecule has 2 N–H and O–H groups in total. The van der Waals surface area contributed by atoms with Crippen LogP contribution >= 0.6 is 0 Å². The molecule has 30 heavy (non-hydrogen) atoms. The highest BCUT2D eigenvalue weighted by Gasteiger charge is 2.29. The Balaban J connectivity index is 1.98. The van der Waals surface area contributed by atoms with E-state index in [1.54, 1.807) is 38.1 Å². The van der Waals surface area contributed by atoms with E-state index in [0.29, 0.717) is 11.3 Å². The van der Waals surface area contributed by atoms with Gasteiger partial charge in [0.15, 0.2) is 6.10 Å². The van der Waals surface area contributed by atoms with E-state index in [0.717, 1.165) is 12.1 Å². The molecule has 2 aromatic carbocycles. The molecule has 7 nitrogen and oxygen atoms in total. The molecule has 0 fully saturated rings. The Morgan fingerprint density at radius 3 is 2.13 bits per heavy atom. The summed E-state index contributed by atoms with van der Waals surface area (Å²) < 4.78 is 18.3. The Morgan fingerprint density at radius 2 is 1.60 bits per heavy atom. The van der Waals surface area contributed by atoms with Crippen molar-refractivity contribution in [2.75, 3.05) is 5.32 Å². The summed E-state index contributed by atoms with van der Waals surface area (Å²) in [6.07, 6.45) is -1.11. The Hall–Kier alpha value is -3.73. The maximum Gasteiger partial charge on any atom is 0.329 e. The molecule has 0 unspecified atom stereocenters. The van der Waals surface area contributed by atoms with Gasteiger partial charge < -0.3 is 15.4 Å². The zero-order valence-corrected chi connectivity index (χ0v) is 16.8. The molecule has 156 valence electrons. The molecule has 0 saturated carbocycles. The van der Waals surface area contributed by atoms with Gasteiger partial charge in [0.05, 0.1) is 11.6 Å². The molecular weight excluding hydrogens is 389 g/mol. The maximum atomic E-state index is 13.0. The largest absolute Gasteiger partial charge is 0.451 e. The van der Waals surface area contributed by atoms with Gasteiger partial charge in [-0.25, -0.2) is 9.18 Å². The van der Waals surface area contributed by atoms with E-state index in [1.807, 2.05) is 6.07 Å². The summed E-state index contributed by atoms with van der Waals surface area (Å²) in [6.45, 7) is 4.85. The standard InChI is InChI=1S/C22H22FN3O4/c1-13(2)19(26-21(28)16-6-8-17(23)9-7-16)22(29)30-14(3)20(27)25-18-10-4-15(12-24)5-11-18/h4-11,13-14,19H,1-3H3,(H,25,27)(H,26,28)/t14-,19-/m0/s1. The van der Waals surface area contributed by atoms with Crippen LogP contribution < -0.4 is 10.6 Å². The molecule has 0 aromatic heterocycles. The number of nitriles is 1. The van der Waals surface area contributed by atoms with Gasteiger partial charge in [-0.1, -0.05) is 13.8 Å². The lowest BCUT2D eigenvalue weighted by Crippen LogP contribution is -2.47. The van der Waals surface area contributed by atoms with Crippen molar-refractivity contribution in [3.63, 3.8) is 0 Å². The van der Waals surface area contributed by atoms with Crippen molar-refractivity contribution >= 4 is 23.5 Å². The molecule has 0 spiro atoms. The van der Waals surface area contributed by atoms with E-state index in [4.69, 9.17) is 10.00 Å². The van der Waals surface area contributed by atoms with Crippen molar-refractivity contribution in [2.45, 2.75) is 32.9 Å². The Morgan fingerprint density at radius 1 is 1.00 bits per heavy atom. The smallest absolute Gasteiger partial charge is 0.329 e. The number of nitrogens with zero attached hydrogens (tertiary/aromatic N) is 1. The quantitative estimate of drug-likeness (QED) is 0.681. The highest BCUT2D eigenvalue weighted by Crippen LogP contribution is 2.12. The van der Waals surface area contributed by atoms with E-state index in [2.05, 4.69) is 10.6 Å². The van der Waals surface area contributed by atoms with E-state index < -0.39 is 35.7 Å². The summed E-state index contributed by atoms with van der Waals surface area (Å²) >= 11 is 0. The van der Waals surface area contributed by atoms with Crippen molar-refractivity contribution in [3.8, 4) is 6.07 Å². The van der Waals surface area contributed by atoms with Crippen LogP contribution in [0, 0.1) is 23.1 Å². The molecule has 2 rings (SSSR count). The fraction of sp³-hybridized carbons (Fsp3) is 0.273. The molecule has 0 saturated heterocycles. The lowest BCUT2D eigenvalue weighted by atomic mass is 10.0. The lowest BCUT2D eigenvalue weighted by Gasteiger charge is -2.23. The number of ether oxygens (including phenoxy) is 1. The van der Waals surface area contributed by atoms with Crippen LogP contribution in [0.1, 0.15) is 36.7 Å². The highest BCUT2D eigenvalue weighted by molar-refractivity contribution is 5.98. The third-order valence-electron chi connectivity index (χ3n) is 4.26. The number of carbonyl (C=O) groups is 3. The van der Waals surface area contributed by atoms with Crippen LogP contribution in [0.4, 0.5) is 10.1 Å². The van der Waals surface area contributed by atoms with Gasteiger partial charge in [-0.05, 0) is 61.4 Å². The fourth-order valence-corrected chi connectivity index (χ4v) is 2.50. The number of benzene rings is 2. The third-order valence-corrected chi connectivity index (χ3v) is 4.26. The minimum Gasteiger partial charge on any atom is -0.451 e. The molecule has 2 aromatic rings. The van der Waals surface area contributed by atoms with Gasteiger partial charge in [0.2, 0.25) is 0 Å². The zero-order valence-electron chi connectivity index (χ0n) is 16.8. The number of carbonyl (C=O) groups excluding carboxylic acids is 3. The second-order valence-corrected chi connectivity index (χ2v) is 6.96. The third kappa shape index (κ3) is 6.14. The Kier molecular flexibility index (Phi) is 7.64. The van der Waals surface area contributed by atoms with Crippen LogP contribution in [0.3, 0.4) is 0 Å². The monoisotopic (exact) mass is 411 g/mol. The molecule has 2 atom stereocenters. The van der Waals surface area contributed by atoms with Crippen molar-refractivity contribution < 1.29 is 23.5 Å². The summed E-state index contributed by atoms with van der Waals surface area (Å²) in [4.78, 5) is 37.2. The predicted octanol–water partition coefficient (Wildman–Crippen LogP) is 3.02. The number of nitrogens with one attached hydrogen (secondary N) is 2. The summed E-state index contributed by atoms with van der Waals surface area (Å²) in [5, 5.41) is 14.0. The number of amides is 2. The number of hydrogen-bond acceptors (Lipinski definition) is 5. The number of anilines is 1. The van der Waals surface area contributed by atoms with E-state index >= 15 is 0 Å². The number of halogens is 1. The maximum absolute atomic E-state index is 13.0. The Bertz CT molecular complexity index is 950. The summed E-state index contributed by atoms with van der Waals surface area (Å²) in [5.41, 5.74) is 1.09. The number of esters is 1. The Labute approximate surface area is 173 Å². The second kappa shape index (κ2) is 10.2. The van der Waals surface area contributed by atoms with Crippen LogP contribution in [0.5, 0.6) is 0 Å². The molecule has 0 aliphatic rings. The molecule has 0 radical (unpaired) electrons. The SMILES string of the molecule is CC(C)[C@H](NC(=O)c1ccc(F)cc1)C(=O)O[C@@H](C)C(=O)Nc1ccc(C#N)cc1. The molecule has 0 heterocycles. The van der Waals surface area contributed by atoms with Gasteiger partial charge >= 0.3 is 5.97 Å². The van der Waals surface area contributed by atoms with E-state index in [-0.39, 0.29) is 11.5 Å².